The second kappa shape index (κ2) is 9.37. The molecule has 9 nitrogen and oxygen atoms in total. The molecule has 1 fully saturated rings. The van der Waals surface area contributed by atoms with Crippen LogP contribution in [0.1, 0.15) is 17.2 Å². The molecule has 1 N–H and O–H groups in total. The van der Waals surface area contributed by atoms with E-state index in [1.807, 2.05) is 19.0 Å². The lowest BCUT2D eigenvalue weighted by Gasteiger charge is -2.26. The minimum Gasteiger partial charge on any atom is -0.507 e. The van der Waals surface area contributed by atoms with E-state index in [-0.39, 0.29) is 34.2 Å². The van der Waals surface area contributed by atoms with Crippen molar-refractivity contribution in [3.63, 3.8) is 0 Å². The summed E-state index contributed by atoms with van der Waals surface area (Å²) in [5, 5.41) is 22.3. The van der Waals surface area contributed by atoms with Gasteiger partial charge in [0.25, 0.3) is 17.4 Å². The predicted molar refractivity (Wildman–Crippen MR) is 119 cm³/mol. The fraction of sp³-hybridized carbons (Fsp3) is 0.273. The number of aliphatic hydroxyl groups excluding tert-OH is 1. The molecule has 10 heteroatoms. The molecule has 1 amide bonds. The third-order valence-corrected chi connectivity index (χ3v) is 5.47. The van der Waals surface area contributed by atoms with E-state index in [1.165, 1.54) is 48.4 Å². The molecule has 2 aromatic carbocycles. The molecule has 2 aromatic rings. The molecule has 0 aromatic heterocycles. The first-order valence-electron chi connectivity index (χ1n) is 9.67. The third-order valence-electron chi connectivity index (χ3n) is 5.17. The molecule has 3 rings (SSSR count). The number of amides is 1. The number of Topliss-reactive ketones (excluding diaryl/α,β-unsaturated/α-hetero) is 1. The number of likely N-dealkylation sites (tertiary alicyclic amines) is 1. The number of likely N-dealkylation sites (N-methyl/N-ethyl adjacent to an activating group) is 1. The van der Waals surface area contributed by atoms with Gasteiger partial charge in [0.15, 0.2) is 0 Å². The maximum atomic E-state index is 13.0. The number of non-ortho nitro benzene ring substituents is 1. The Labute approximate surface area is 189 Å². The summed E-state index contributed by atoms with van der Waals surface area (Å²) in [7, 11) is 5.11. The van der Waals surface area contributed by atoms with Gasteiger partial charge in [-0.25, -0.2) is 0 Å². The topological polar surface area (TPSA) is 113 Å². The molecule has 0 bridgehead atoms. The highest BCUT2D eigenvalue weighted by atomic mass is 35.5. The van der Waals surface area contributed by atoms with Crippen molar-refractivity contribution in [2.45, 2.75) is 6.04 Å². The Kier molecular flexibility index (Phi) is 6.81. The number of carbonyl (C=O) groups excluding carboxylic acids is 2. The zero-order valence-corrected chi connectivity index (χ0v) is 18.5. The average molecular weight is 460 g/mol. The van der Waals surface area contributed by atoms with E-state index < -0.39 is 22.7 Å². The highest BCUT2D eigenvalue weighted by molar-refractivity contribution is 6.46. The molecular weight excluding hydrogens is 438 g/mol. The summed E-state index contributed by atoms with van der Waals surface area (Å²) in [6.45, 7) is 0.699. The van der Waals surface area contributed by atoms with Crippen LogP contribution in [-0.2, 0) is 9.59 Å². The quantitative estimate of drug-likeness (QED) is 0.222. The maximum Gasteiger partial charge on any atom is 0.295 e. The number of nitro benzene ring substituents is 1. The number of halogens is 1. The van der Waals surface area contributed by atoms with E-state index >= 15 is 0 Å². The Morgan fingerprint density at radius 1 is 1.22 bits per heavy atom. The Bertz CT molecular complexity index is 1100. The average Bonchev–Trinajstić information content (AvgIpc) is 3.01. The zero-order valence-electron chi connectivity index (χ0n) is 17.7. The second-order valence-electron chi connectivity index (χ2n) is 7.49. The van der Waals surface area contributed by atoms with Gasteiger partial charge in [0, 0.05) is 30.8 Å². The number of hydrogen-bond donors (Lipinski definition) is 1. The first-order valence-corrected chi connectivity index (χ1v) is 10.0. The normalized spacial score (nSPS) is 17.8. The number of ketones is 1. The SMILES string of the molecule is COc1ccc(/C(O)=C2\C(=O)C(=O)N(CCN(C)C)[C@H]2c2ccc([N+](=O)[O-])cc2)cc1Cl. The van der Waals surface area contributed by atoms with E-state index in [4.69, 9.17) is 16.3 Å². The van der Waals surface area contributed by atoms with Crippen molar-refractivity contribution in [3.8, 4) is 5.75 Å². The molecule has 1 aliphatic heterocycles. The Morgan fingerprint density at radius 2 is 1.88 bits per heavy atom. The zero-order chi connectivity index (χ0) is 23.6. The number of carbonyl (C=O) groups is 2. The van der Waals surface area contributed by atoms with Crippen LogP contribution in [0.5, 0.6) is 5.75 Å². The molecule has 0 spiro atoms. The fourth-order valence-corrected chi connectivity index (χ4v) is 3.77. The van der Waals surface area contributed by atoms with E-state index in [2.05, 4.69) is 0 Å². The molecule has 168 valence electrons. The number of hydrogen-bond acceptors (Lipinski definition) is 7. The smallest absolute Gasteiger partial charge is 0.295 e. The molecule has 0 unspecified atom stereocenters. The van der Waals surface area contributed by atoms with Crippen molar-refractivity contribution in [1.29, 1.82) is 0 Å². The van der Waals surface area contributed by atoms with Crippen LogP contribution in [0.2, 0.25) is 5.02 Å². The highest BCUT2D eigenvalue weighted by Gasteiger charge is 2.46. The summed E-state index contributed by atoms with van der Waals surface area (Å²) < 4.78 is 5.12. The first kappa shape index (κ1) is 23.2. The van der Waals surface area contributed by atoms with Gasteiger partial charge < -0.3 is 19.6 Å². The van der Waals surface area contributed by atoms with Gasteiger partial charge in [0.2, 0.25) is 0 Å². The van der Waals surface area contributed by atoms with Crippen molar-refractivity contribution in [1.82, 2.24) is 9.80 Å². The van der Waals surface area contributed by atoms with Gasteiger partial charge in [-0.3, -0.25) is 19.7 Å². The van der Waals surface area contributed by atoms with Gasteiger partial charge in [-0.2, -0.15) is 0 Å². The minimum atomic E-state index is -0.906. The van der Waals surface area contributed by atoms with Crippen LogP contribution in [0.25, 0.3) is 5.76 Å². The summed E-state index contributed by atoms with van der Waals surface area (Å²) in [5.41, 5.74) is 0.479. The minimum absolute atomic E-state index is 0.108. The fourth-order valence-electron chi connectivity index (χ4n) is 3.51. The van der Waals surface area contributed by atoms with Crippen LogP contribution < -0.4 is 4.74 Å². The maximum absolute atomic E-state index is 13.0. The number of aliphatic hydroxyl groups is 1. The lowest BCUT2D eigenvalue weighted by Crippen LogP contribution is -2.35. The number of nitrogens with zero attached hydrogens (tertiary/aromatic N) is 3. The molecule has 1 atom stereocenters. The van der Waals surface area contributed by atoms with E-state index in [0.717, 1.165) is 0 Å². The van der Waals surface area contributed by atoms with E-state index in [0.29, 0.717) is 17.9 Å². The summed E-state index contributed by atoms with van der Waals surface area (Å²) in [6.07, 6.45) is 0. The van der Waals surface area contributed by atoms with Crippen LogP contribution in [0.4, 0.5) is 5.69 Å². The molecule has 0 saturated carbocycles. The Morgan fingerprint density at radius 3 is 2.41 bits per heavy atom. The van der Waals surface area contributed by atoms with E-state index in [1.54, 1.807) is 6.07 Å². The predicted octanol–water partition coefficient (Wildman–Crippen LogP) is 3.24. The van der Waals surface area contributed by atoms with Crippen molar-refractivity contribution < 1.29 is 24.4 Å². The second-order valence-corrected chi connectivity index (χ2v) is 7.90. The van der Waals surface area contributed by atoms with Gasteiger partial charge in [-0.15, -0.1) is 0 Å². The van der Waals surface area contributed by atoms with Crippen molar-refractivity contribution in [3.05, 3.63) is 74.3 Å². The van der Waals surface area contributed by atoms with Gasteiger partial charge in [0.05, 0.1) is 28.7 Å². The summed E-state index contributed by atoms with van der Waals surface area (Å²) in [4.78, 5) is 39.5. The number of methoxy groups -OCH3 is 1. The van der Waals surface area contributed by atoms with Gasteiger partial charge in [-0.1, -0.05) is 11.6 Å². The molecular formula is C22H22ClN3O6. The summed E-state index contributed by atoms with van der Waals surface area (Å²) >= 11 is 6.17. The molecule has 1 heterocycles. The van der Waals surface area contributed by atoms with Crippen LogP contribution in [-0.4, -0.2) is 65.8 Å². The Hall–Kier alpha value is -3.43. The van der Waals surface area contributed by atoms with Crippen molar-refractivity contribution in [2.24, 2.45) is 0 Å². The first-order chi connectivity index (χ1) is 15.1. The van der Waals surface area contributed by atoms with E-state index in [9.17, 15) is 24.8 Å². The lowest BCUT2D eigenvalue weighted by molar-refractivity contribution is -0.384. The largest absolute Gasteiger partial charge is 0.507 e. The molecule has 1 saturated heterocycles. The molecule has 0 radical (unpaired) electrons. The third kappa shape index (κ3) is 4.44. The highest BCUT2D eigenvalue weighted by Crippen LogP contribution is 2.40. The number of ether oxygens (including phenoxy) is 1. The molecule has 32 heavy (non-hydrogen) atoms. The number of rotatable bonds is 7. The van der Waals surface area contributed by atoms with Crippen LogP contribution in [0.15, 0.2) is 48.0 Å². The monoisotopic (exact) mass is 459 g/mol. The van der Waals surface area contributed by atoms with Crippen molar-refractivity contribution >= 4 is 34.7 Å². The van der Waals surface area contributed by atoms with Gasteiger partial charge in [-0.05, 0) is 50.0 Å². The van der Waals surface area contributed by atoms with Crippen LogP contribution in [0, 0.1) is 10.1 Å². The molecule has 0 aliphatic carbocycles. The summed E-state index contributed by atoms with van der Waals surface area (Å²) in [5.74, 6) is -1.59. The van der Waals surface area contributed by atoms with Crippen LogP contribution >= 0.6 is 11.6 Å². The van der Waals surface area contributed by atoms with Gasteiger partial charge >= 0.3 is 0 Å². The van der Waals surface area contributed by atoms with Crippen molar-refractivity contribution in [2.75, 3.05) is 34.3 Å². The number of nitro groups is 1. The molecule has 1 aliphatic rings. The van der Waals surface area contributed by atoms with Gasteiger partial charge in [0.1, 0.15) is 11.5 Å². The summed E-state index contributed by atoms with van der Waals surface area (Å²) in [6, 6.07) is 9.15. The van der Waals surface area contributed by atoms with Crippen LogP contribution in [0.3, 0.4) is 0 Å². The number of benzene rings is 2. The standard InChI is InChI=1S/C22H22ClN3O6/c1-24(2)10-11-25-19(13-4-7-15(8-5-13)26(30)31)18(21(28)22(25)29)20(27)14-6-9-17(32-3)16(23)12-14/h4-9,12,19,27H,10-11H2,1-3H3/b20-18+/t19-/m0/s1. The lowest BCUT2D eigenvalue weighted by atomic mass is 9.95. The Balaban J connectivity index is 2.15.